The highest BCUT2D eigenvalue weighted by Crippen LogP contribution is 2.36. The highest BCUT2D eigenvalue weighted by atomic mass is 32.2. The lowest BCUT2D eigenvalue weighted by Crippen LogP contribution is -2.38. The fourth-order valence-electron chi connectivity index (χ4n) is 4.45. The van der Waals surface area contributed by atoms with Crippen LogP contribution in [-0.2, 0) is 10.0 Å². The maximum absolute atomic E-state index is 13.7. The van der Waals surface area contributed by atoms with Gasteiger partial charge < -0.3 is 9.80 Å². The number of sulfonamides is 1. The lowest BCUT2D eigenvalue weighted by molar-refractivity contribution is 0.0693. The van der Waals surface area contributed by atoms with E-state index in [1.54, 1.807) is 41.3 Å². The Bertz CT molecular complexity index is 1220. The maximum atomic E-state index is 13.7. The van der Waals surface area contributed by atoms with Gasteiger partial charge in [0.05, 0.1) is 4.90 Å². The molecule has 1 saturated heterocycles. The van der Waals surface area contributed by atoms with Crippen LogP contribution >= 0.6 is 0 Å². The SMILES string of the molecule is CCN(CC)c1ccc([C@H]2N(C(=O)c3ccccc3)CCN2S(=O)(=O)c2ccc(C)cc2)cc1. The van der Waals surface area contributed by atoms with Gasteiger partial charge in [-0.25, -0.2) is 8.42 Å². The van der Waals surface area contributed by atoms with Crippen molar-refractivity contribution in [3.63, 3.8) is 0 Å². The molecule has 0 bridgehead atoms. The quantitative estimate of drug-likeness (QED) is 0.496. The molecule has 1 heterocycles. The van der Waals surface area contributed by atoms with E-state index in [1.807, 2.05) is 49.4 Å². The molecule has 1 atom stereocenters. The number of benzene rings is 3. The molecule has 3 aromatic carbocycles. The van der Waals surface area contributed by atoms with Gasteiger partial charge in [-0.1, -0.05) is 48.0 Å². The largest absolute Gasteiger partial charge is 0.372 e. The van der Waals surface area contributed by atoms with Crippen molar-refractivity contribution in [3.05, 3.63) is 95.6 Å². The first-order valence-corrected chi connectivity index (χ1v) is 13.1. The summed E-state index contributed by atoms with van der Waals surface area (Å²) < 4.78 is 28.8. The molecule has 4 rings (SSSR count). The Kier molecular flexibility index (Phi) is 7.05. The molecule has 1 fully saturated rings. The number of aryl methyl sites for hydroxylation is 1. The number of carbonyl (C=O) groups is 1. The van der Waals surface area contributed by atoms with E-state index in [9.17, 15) is 13.2 Å². The average molecular weight is 478 g/mol. The monoisotopic (exact) mass is 477 g/mol. The van der Waals surface area contributed by atoms with Crippen LogP contribution in [0.3, 0.4) is 0 Å². The molecular weight excluding hydrogens is 446 g/mol. The van der Waals surface area contributed by atoms with Gasteiger partial charge in [-0.05, 0) is 62.7 Å². The molecule has 0 aromatic heterocycles. The van der Waals surface area contributed by atoms with E-state index in [2.05, 4.69) is 18.7 Å². The third-order valence-electron chi connectivity index (χ3n) is 6.36. The molecule has 0 spiro atoms. The molecule has 34 heavy (non-hydrogen) atoms. The van der Waals surface area contributed by atoms with Gasteiger partial charge in [-0.2, -0.15) is 4.31 Å². The summed E-state index contributed by atoms with van der Waals surface area (Å²) in [4.78, 5) is 17.6. The Morgan fingerprint density at radius 3 is 2.09 bits per heavy atom. The van der Waals surface area contributed by atoms with E-state index in [0.29, 0.717) is 12.1 Å². The zero-order valence-electron chi connectivity index (χ0n) is 19.9. The minimum Gasteiger partial charge on any atom is -0.372 e. The summed E-state index contributed by atoms with van der Waals surface area (Å²) in [6.07, 6.45) is -0.718. The number of hydrogen-bond acceptors (Lipinski definition) is 4. The molecule has 178 valence electrons. The van der Waals surface area contributed by atoms with Crippen LogP contribution in [0.25, 0.3) is 0 Å². The first-order valence-electron chi connectivity index (χ1n) is 11.7. The molecule has 0 radical (unpaired) electrons. The minimum atomic E-state index is -3.81. The Labute approximate surface area is 202 Å². The molecule has 3 aromatic rings. The Hall–Kier alpha value is -3.16. The Balaban J connectivity index is 1.76. The lowest BCUT2D eigenvalue weighted by atomic mass is 10.1. The van der Waals surface area contributed by atoms with Gasteiger partial charge in [-0.3, -0.25) is 4.79 Å². The molecule has 1 aliphatic rings. The third kappa shape index (κ3) is 4.58. The van der Waals surface area contributed by atoms with Crippen LogP contribution in [0.5, 0.6) is 0 Å². The van der Waals surface area contributed by atoms with Gasteiger partial charge in [0.15, 0.2) is 0 Å². The molecule has 1 amide bonds. The average Bonchev–Trinajstić information content (AvgIpc) is 3.32. The van der Waals surface area contributed by atoms with Crippen molar-refractivity contribution in [2.75, 3.05) is 31.1 Å². The van der Waals surface area contributed by atoms with Crippen LogP contribution in [-0.4, -0.2) is 49.7 Å². The predicted octanol–water partition coefficient (Wildman–Crippen LogP) is 4.69. The number of carbonyl (C=O) groups excluding carboxylic acids is 1. The van der Waals surface area contributed by atoms with E-state index in [1.165, 1.54) is 4.31 Å². The first-order chi connectivity index (χ1) is 16.4. The normalized spacial score (nSPS) is 16.6. The molecule has 1 aliphatic heterocycles. The van der Waals surface area contributed by atoms with Crippen molar-refractivity contribution in [3.8, 4) is 0 Å². The predicted molar refractivity (Wildman–Crippen MR) is 135 cm³/mol. The van der Waals surface area contributed by atoms with Gasteiger partial charge >= 0.3 is 0 Å². The molecule has 0 aliphatic carbocycles. The fraction of sp³-hybridized carbons (Fsp3) is 0.296. The van der Waals surface area contributed by atoms with Gasteiger partial charge in [0, 0.05) is 37.4 Å². The highest BCUT2D eigenvalue weighted by molar-refractivity contribution is 7.89. The van der Waals surface area contributed by atoms with Crippen LogP contribution in [0.1, 0.15) is 41.5 Å². The van der Waals surface area contributed by atoms with Crippen molar-refractivity contribution in [2.45, 2.75) is 31.8 Å². The summed E-state index contributed by atoms with van der Waals surface area (Å²) in [5.41, 5.74) is 3.38. The van der Waals surface area contributed by atoms with Crippen molar-refractivity contribution < 1.29 is 13.2 Å². The summed E-state index contributed by atoms with van der Waals surface area (Å²) >= 11 is 0. The standard InChI is InChI=1S/C27H31N3O3S/c1-4-28(5-2)24-15-13-22(14-16-24)26-29(27(31)23-9-7-6-8-10-23)19-20-30(26)34(32,33)25-17-11-21(3)12-18-25/h6-18,26H,4-5,19-20H2,1-3H3/t26-/m0/s1. The van der Waals surface area contributed by atoms with Gasteiger partial charge in [0.25, 0.3) is 5.91 Å². The second-order valence-electron chi connectivity index (χ2n) is 8.43. The number of nitrogens with zero attached hydrogens (tertiary/aromatic N) is 3. The van der Waals surface area contributed by atoms with Crippen molar-refractivity contribution in [1.29, 1.82) is 0 Å². The summed E-state index contributed by atoms with van der Waals surface area (Å²) in [5.74, 6) is -0.181. The number of anilines is 1. The van der Waals surface area contributed by atoms with Crippen molar-refractivity contribution in [1.82, 2.24) is 9.21 Å². The minimum absolute atomic E-state index is 0.181. The Morgan fingerprint density at radius 2 is 1.50 bits per heavy atom. The van der Waals surface area contributed by atoms with Crippen LogP contribution in [0.4, 0.5) is 5.69 Å². The molecule has 0 N–H and O–H groups in total. The van der Waals surface area contributed by atoms with E-state index >= 15 is 0 Å². The van der Waals surface area contributed by atoms with Crippen LogP contribution < -0.4 is 4.90 Å². The number of hydrogen-bond donors (Lipinski definition) is 0. The molecular formula is C27H31N3O3S. The van der Waals surface area contributed by atoms with E-state index in [0.717, 1.165) is 29.9 Å². The molecule has 6 nitrogen and oxygen atoms in total. The van der Waals surface area contributed by atoms with Crippen LogP contribution in [0.2, 0.25) is 0 Å². The van der Waals surface area contributed by atoms with E-state index in [4.69, 9.17) is 0 Å². The summed E-state index contributed by atoms with van der Waals surface area (Å²) in [6.45, 7) is 8.44. The highest BCUT2D eigenvalue weighted by Gasteiger charge is 2.43. The second-order valence-corrected chi connectivity index (χ2v) is 10.3. The van der Waals surface area contributed by atoms with Crippen LogP contribution in [0, 0.1) is 6.92 Å². The third-order valence-corrected chi connectivity index (χ3v) is 8.23. The zero-order valence-corrected chi connectivity index (χ0v) is 20.7. The fourth-order valence-corrected chi connectivity index (χ4v) is 6.03. The summed E-state index contributed by atoms with van der Waals surface area (Å²) in [6, 6.07) is 23.8. The second kappa shape index (κ2) is 9.99. The molecule has 0 saturated carbocycles. The maximum Gasteiger partial charge on any atom is 0.255 e. The van der Waals surface area contributed by atoms with Crippen LogP contribution in [0.15, 0.2) is 83.8 Å². The lowest BCUT2D eigenvalue weighted by Gasteiger charge is -2.31. The van der Waals surface area contributed by atoms with E-state index in [-0.39, 0.29) is 17.3 Å². The molecule has 0 unspecified atom stereocenters. The van der Waals surface area contributed by atoms with Gasteiger partial charge in [0.1, 0.15) is 6.17 Å². The topological polar surface area (TPSA) is 60.9 Å². The Morgan fingerprint density at radius 1 is 0.882 bits per heavy atom. The zero-order chi connectivity index (χ0) is 24.3. The summed E-state index contributed by atoms with van der Waals surface area (Å²) in [7, 11) is -3.81. The number of rotatable bonds is 7. The summed E-state index contributed by atoms with van der Waals surface area (Å²) in [5, 5.41) is 0. The number of amides is 1. The van der Waals surface area contributed by atoms with Gasteiger partial charge in [0.2, 0.25) is 10.0 Å². The van der Waals surface area contributed by atoms with Crippen molar-refractivity contribution in [2.24, 2.45) is 0 Å². The van der Waals surface area contributed by atoms with Gasteiger partial charge in [-0.15, -0.1) is 0 Å². The van der Waals surface area contributed by atoms with Crippen molar-refractivity contribution >= 4 is 21.6 Å². The van der Waals surface area contributed by atoms with E-state index < -0.39 is 16.2 Å². The smallest absolute Gasteiger partial charge is 0.255 e. The molecule has 7 heteroatoms. The first kappa shape index (κ1) is 24.0.